The van der Waals surface area contributed by atoms with Crippen molar-refractivity contribution >= 4 is 46.5 Å². The van der Waals surface area contributed by atoms with Crippen molar-refractivity contribution in [3.05, 3.63) is 52.5 Å². The van der Waals surface area contributed by atoms with E-state index < -0.39 is 0 Å². The lowest BCUT2D eigenvalue weighted by Crippen LogP contribution is -2.30. The van der Waals surface area contributed by atoms with E-state index in [0.29, 0.717) is 27.2 Å². The van der Waals surface area contributed by atoms with Gasteiger partial charge >= 0.3 is 6.03 Å². The van der Waals surface area contributed by atoms with Crippen LogP contribution in [0.1, 0.15) is 12.8 Å². The molecular weight excluding hydrogens is 377 g/mol. The quantitative estimate of drug-likeness (QED) is 0.684. The average molecular weight is 394 g/mol. The van der Waals surface area contributed by atoms with Gasteiger partial charge in [-0.1, -0.05) is 29.3 Å². The topological polar surface area (TPSA) is 79.5 Å². The van der Waals surface area contributed by atoms with Crippen LogP contribution < -0.4 is 20.7 Å². The zero-order valence-electron chi connectivity index (χ0n) is 13.7. The van der Waals surface area contributed by atoms with Gasteiger partial charge in [-0.2, -0.15) is 0 Å². The fraction of sp³-hybridized carbons (Fsp3) is 0.222. The number of ether oxygens (including phenoxy) is 1. The molecule has 0 saturated heterocycles. The predicted molar refractivity (Wildman–Crippen MR) is 102 cm³/mol. The largest absolute Gasteiger partial charge is 0.484 e. The zero-order chi connectivity index (χ0) is 18.5. The summed E-state index contributed by atoms with van der Waals surface area (Å²) >= 11 is 11.7. The number of carbonyl (C=O) groups excluding carboxylic acids is 2. The van der Waals surface area contributed by atoms with Crippen LogP contribution in [0.5, 0.6) is 5.75 Å². The van der Waals surface area contributed by atoms with Gasteiger partial charge in [-0.3, -0.25) is 4.79 Å². The van der Waals surface area contributed by atoms with E-state index >= 15 is 0 Å². The molecule has 8 heteroatoms. The second-order valence-corrected chi connectivity index (χ2v) is 6.68. The Bertz CT molecular complexity index is 825. The summed E-state index contributed by atoms with van der Waals surface area (Å²) in [7, 11) is 0. The van der Waals surface area contributed by atoms with E-state index in [9.17, 15) is 9.59 Å². The highest BCUT2D eigenvalue weighted by Crippen LogP contribution is 2.26. The third-order valence-electron chi connectivity index (χ3n) is 3.58. The highest BCUT2D eigenvalue weighted by Gasteiger charge is 2.23. The van der Waals surface area contributed by atoms with E-state index in [-0.39, 0.29) is 24.6 Å². The Hall–Kier alpha value is -2.44. The van der Waals surface area contributed by atoms with Crippen LogP contribution in [0.2, 0.25) is 10.0 Å². The van der Waals surface area contributed by atoms with E-state index in [1.807, 2.05) is 0 Å². The Kier molecular flexibility index (Phi) is 5.85. The first kappa shape index (κ1) is 18.4. The summed E-state index contributed by atoms with van der Waals surface area (Å²) in [4.78, 5) is 23.8. The molecule has 1 aliphatic rings. The van der Waals surface area contributed by atoms with Gasteiger partial charge in [0, 0.05) is 23.5 Å². The number of urea groups is 1. The molecule has 1 fully saturated rings. The molecule has 0 bridgehead atoms. The Morgan fingerprint density at radius 1 is 1.00 bits per heavy atom. The van der Waals surface area contributed by atoms with Gasteiger partial charge in [0.2, 0.25) is 0 Å². The second-order valence-electron chi connectivity index (χ2n) is 5.87. The van der Waals surface area contributed by atoms with Crippen LogP contribution in [0.15, 0.2) is 42.5 Å². The van der Waals surface area contributed by atoms with Crippen LogP contribution in [0.4, 0.5) is 16.2 Å². The summed E-state index contributed by atoms with van der Waals surface area (Å²) in [6.07, 6.45) is 2.03. The number of halogens is 2. The Morgan fingerprint density at radius 2 is 1.73 bits per heavy atom. The van der Waals surface area contributed by atoms with Crippen molar-refractivity contribution in [1.29, 1.82) is 0 Å². The first-order valence-electron chi connectivity index (χ1n) is 8.05. The maximum absolute atomic E-state index is 12.0. The third-order valence-corrected chi connectivity index (χ3v) is 4.32. The minimum Gasteiger partial charge on any atom is -0.484 e. The van der Waals surface area contributed by atoms with Gasteiger partial charge in [0.1, 0.15) is 5.75 Å². The van der Waals surface area contributed by atoms with Crippen LogP contribution in [0, 0.1) is 0 Å². The molecule has 6 nitrogen and oxygen atoms in total. The SMILES string of the molecule is O=C(COc1ccc(Cl)c(Cl)c1)Nc1cccc(NC(=O)NC2CC2)c1. The van der Waals surface area contributed by atoms with Gasteiger partial charge < -0.3 is 20.7 Å². The summed E-state index contributed by atoms with van der Waals surface area (Å²) < 4.78 is 5.39. The van der Waals surface area contributed by atoms with Crippen molar-refractivity contribution < 1.29 is 14.3 Å². The van der Waals surface area contributed by atoms with Crippen molar-refractivity contribution in [2.75, 3.05) is 17.2 Å². The first-order chi connectivity index (χ1) is 12.5. The van der Waals surface area contributed by atoms with Crippen molar-refractivity contribution in [2.45, 2.75) is 18.9 Å². The summed E-state index contributed by atoms with van der Waals surface area (Å²) in [5, 5.41) is 9.05. The monoisotopic (exact) mass is 393 g/mol. The van der Waals surface area contributed by atoms with Crippen LogP contribution in [0.3, 0.4) is 0 Å². The van der Waals surface area contributed by atoms with E-state index in [1.165, 1.54) is 0 Å². The van der Waals surface area contributed by atoms with Crippen molar-refractivity contribution in [2.24, 2.45) is 0 Å². The van der Waals surface area contributed by atoms with Crippen molar-refractivity contribution in [1.82, 2.24) is 5.32 Å². The molecule has 0 radical (unpaired) electrons. The van der Waals surface area contributed by atoms with Crippen LogP contribution >= 0.6 is 23.2 Å². The fourth-order valence-corrected chi connectivity index (χ4v) is 2.46. The van der Waals surface area contributed by atoms with E-state index in [4.69, 9.17) is 27.9 Å². The number of anilines is 2. The Labute approximate surface area is 160 Å². The predicted octanol–water partition coefficient (Wildman–Crippen LogP) is 4.29. The Balaban J connectivity index is 1.50. The maximum Gasteiger partial charge on any atom is 0.319 e. The molecule has 0 spiro atoms. The highest BCUT2D eigenvalue weighted by atomic mass is 35.5. The second kappa shape index (κ2) is 8.29. The highest BCUT2D eigenvalue weighted by molar-refractivity contribution is 6.42. The molecule has 136 valence electrons. The molecule has 2 aromatic rings. The smallest absolute Gasteiger partial charge is 0.319 e. The fourth-order valence-electron chi connectivity index (χ4n) is 2.17. The number of benzene rings is 2. The summed E-state index contributed by atoms with van der Waals surface area (Å²) in [5.41, 5.74) is 1.14. The molecule has 0 aliphatic heterocycles. The lowest BCUT2D eigenvalue weighted by atomic mass is 10.2. The Morgan fingerprint density at radius 3 is 2.42 bits per heavy atom. The minimum atomic E-state index is -0.337. The number of amides is 3. The van der Waals surface area contributed by atoms with Gasteiger partial charge in [-0.15, -0.1) is 0 Å². The van der Waals surface area contributed by atoms with Crippen LogP contribution in [-0.4, -0.2) is 24.6 Å². The van der Waals surface area contributed by atoms with Gasteiger partial charge in [0.05, 0.1) is 10.0 Å². The molecule has 1 saturated carbocycles. The van der Waals surface area contributed by atoms with Gasteiger partial charge in [-0.05, 0) is 43.2 Å². The van der Waals surface area contributed by atoms with E-state index in [0.717, 1.165) is 12.8 Å². The molecule has 3 rings (SSSR count). The number of nitrogens with one attached hydrogen (secondary N) is 3. The molecule has 0 atom stereocenters. The van der Waals surface area contributed by atoms with Crippen molar-refractivity contribution in [3.63, 3.8) is 0 Å². The summed E-state index contributed by atoms with van der Waals surface area (Å²) in [5.74, 6) is 0.109. The molecule has 0 aromatic heterocycles. The average Bonchev–Trinajstić information content (AvgIpc) is 3.40. The third kappa shape index (κ3) is 5.54. The van der Waals surface area contributed by atoms with Crippen molar-refractivity contribution in [3.8, 4) is 5.75 Å². The maximum atomic E-state index is 12.0. The standard InChI is InChI=1S/C18H17Cl2N3O3/c19-15-7-6-14(9-16(15)20)26-10-17(24)21-12-2-1-3-13(8-12)23-18(25)22-11-4-5-11/h1-3,6-9,11H,4-5,10H2,(H,21,24)(H2,22,23,25). The van der Waals surface area contributed by atoms with E-state index in [2.05, 4.69) is 16.0 Å². The molecule has 3 amide bonds. The summed E-state index contributed by atoms with van der Waals surface area (Å²) in [6, 6.07) is 11.7. The molecule has 3 N–H and O–H groups in total. The number of hydrogen-bond acceptors (Lipinski definition) is 3. The minimum absolute atomic E-state index is 0.183. The van der Waals surface area contributed by atoms with Gasteiger partial charge in [-0.25, -0.2) is 4.79 Å². The lowest BCUT2D eigenvalue weighted by molar-refractivity contribution is -0.118. The van der Waals surface area contributed by atoms with E-state index in [1.54, 1.807) is 42.5 Å². The summed E-state index contributed by atoms with van der Waals surface area (Å²) in [6.45, 7) is -0.183. The molecule has 1 aliphatic carbocycles. The number of hydrogen-bond donors (Lipinski definition) is 3. The van der Waals surface area contributed by atoms with Crippen LogP contribution in [-0.2, 0) is 4.79 Å². The normalized spacial score (nSPS) is 13.0. The zero-order valence-corrected chi connectivity index (χ0v) is 15.2. The number of carbonyl (C=O) groups is 2. The first-order valence-corrected chi connectivity index (χ1v) is 8.80. The van der Waals surface area contributed by atoms with Gasteiger partial charge in [0.15, 0.2) is 6.61 Å². The molecule has 0 unspecified atom stereocenters. The molecular formula is C18H17Cl2N3O3. The van der Waals surface area contributed by atoms with Gasteiger partial charge in [0.25, 0.3) is 5.91 Å². The molecule has 2 aromatic carbocycles. The number of rotatable bonds is 6. The molecule has 26 heavy (non-hydrogen) atoms. The van der Waals surface area contributed by atoms with Crippen LogP contribution in [0.25, 0.3) is 0 Å². The molecule has 0 heterocycles. The lowest BCUT2D eigenvalue weighted by Gasteiger charge is -2.10.